The van der Waals surface area contributed by atoms with Crippen molar-refractivity contribution in [2.45, 2.75) is 56.1 Å². The van der Waals surface area contributed by atoms with Gasteiger partial charge >= 0.3 is 0 Å². The van der Waals surface area contributed by atoms with Gasteiger partial charge in [-0.05, 0) is 31.7 Å². The third kappa shape index (κ3) is 4.38. The fraction of sp³-hybridized carbons (Fsp3) is 0.696. The van der Waals surface area contributed by atoms with Gasteiger partial charge in [0.1, 0.15) is 11.9 Å². The van der Waals surface area contributed by atoms with Gasteiger partial charge in [0.25, 0.3) is 0 Å². The third-order valence-electron chi connectivity index (χ3n) is 6.81. The van der Waals surface area contributed by atoms with Gasteiger partial charge in [-0.2, -0.15) is 0 Å². The number of hydrogen-bond donors (Lipinski definition) is 1. The molecule has 2 saturated heterocycles. The molecule has 0 aromatic heterocycles. The molecule has 1 aliphatic carbocycles. The molecule has 2 heterocycles. The Morgan fingerprint density at radius 1 is 1.17 bits per heavy atom. The molecule has 1 saturated carbocycles. The predicted molar refractivity (Wildman–Crippen MR) is 115 cm³/mol. The second-order valence-corrected chi connectivity index (χ2v) is 8.50. The van der Waals surface area contributed by atoms with Crippen LogP contribution in [0.25, 0.3) is 0 Å². The Morgan fingerprint density at radius 3 is 2.69 bits per heavy atom. The predicted octanol–water partition coefficient (Wildman–Crippen LogP) is 2.96. The van der Waals surface area contributed by atoms with E-state index in [9.17, 15) is 0 Å². The summed E-state index contributed by atoms with van der Waals surface area (Å²) in [6.07, 6.45) is 7.48. The monoisotopic (exact) mass is 401 g/mol. The molecule has 2 atom stereocenters. The lowest BCUT2D eigenvalue weighted by Crippen LogP contribution is -2.54. The van der Waals surface area contributed by atoms with E-state index in [-0.39, 0.29) is 17.6 Å². The Hall–Kier alpha value is -1.79. The fourth-order valence-electron chi connectivity index (χ4n) is 5.24. The van der Waals surface area contributed by atoms with Crippen LogP contribution >= 0.6 is 0 Å². The summed E-state index contributed by atoms with van der Waals surface area (Å²) >= 11 is 0. The molecule has 0 spiro atoms. The Labute approximate surface area is 174 Å². The zero-order valence-corrected chi connectivity index (χ0v) is 17.9. The second kappa shape index (κ2) is 9.35. The molecule has 1 aromatic rings. The first kappa shape index (κ1) is 20.5. The van der Waals surface area contributed by atoms with Gasteiger partial charge in [0.05, 0.1) is 19.8 Å². The highest BCUT2D eigenvalue weighted by Gasteiger charge is 2.38. The van der Waals surface area contributed by atoms with Crippen molar-refractivity contribution >= 4 is 5.96 Å². The molecule has 2 unspecified atom stereocenters. The maximum atomic E-state index is 6.02. The Bertz CT molecular complexity index is 696. The zero-order chi connectivity index (χ0) is 20.1. The summed E-state index contributed by atoms with van der Waals surface area (Å²) in [6.45, 7) is 4.17. The van der Waals surface area contributed by atoms with Crippen molar-refractivity contribution in [3.63, 3.8) is 0 Å². The molecule has 29 heavy (non-hydrogen) atoms. The topological polar surface area (TPSA) is 55.3 Å². The number of para-hydroxylation sites is 1. The van der Waals surface area contributed by atoms with Crippen molar-refractivity contribution < 1.29 is 14.2 Å². The van der Waals surface area contributed by atoms with E-state index in [0.717, 1.165) is 57.4 Å². The molecular formula is C23H35N3O3. The Morgan fingerprint density at radius 2 is 1.97 bits per heavy atom. The van der Waals surface area contributed by atoms with Crippen molar-refractivity contribution in [1.82, 2.24) is 10.2 Å². The highest BCUT2D eigenvalue weighted by Crippen LogP contribution is 2.44. The van der Waals surface area contributed by atoms with E-state index in [0.29, 0.717) is 0 Å². The lowest BCUT2D eigenvalue weighted by molar-refractivity contribution is -0.0817. The number of aliphatic imine (C=N–C) groups is 1. The van der Waals surface area contributed by atoms with Gasteiger partial charge in [0, 0.05) is 44.3 Å². The number of benzene rings is 1. The summed E-state index contributed by atoms with van der Waals surface area (Å²) in [5.41, 5.74) is 1.42. The number of rotatable bonds is 5. The average Bonchev–Trinajstić information content (AvgIpc) is 3.47. The van der Waals surface area contributed by atoms with E-state index in [1.165, 1.54) is 31.2 Å². The van der Waals surface area contributed by atoms with Gasteiger partial charge < -0.3 is 24.4 Å². The molecule has 6 heteroatoms. The van der Waals surface area contributed by atoms with E-state index in [2.05, 4.69) is 39.5 Å². The number of nitrogens with one attached hydrogen (secondary N) is 1. The van der Waals surface area contributed by atoms with Gasteiger partial charge in [-0.25, -0.2) is 0 Å². The highest BCUT2D eigenvalue weighted by molar-refractivity contribution is 5.80. The van der Waals surface area contributed by atoms with Crippen LogP contribution in [0.15, 0.2) is 29.3 Å². The molecule has 2 aliphatic heterocycles. The normalized spacial score (nSPS) is 27.2. The minimum atomic E-state index is 0.1000. The van der Waals surface area contributed by atoms with Crippen LogP contribution in [0.2, 0.25) is 0 Å². The van der Waals surface area contributed by atoms with E-state index in [4.69, 9.17) is 14.2 Å². The maximum Gasteiger partial charge on any atom is 0.193 e. The molecule has 3 fully saturated rings. The van der Waals surface area contributed by atoms with Crippen LogP contribution in [-0.4, -0.2) is 70.1 Å². The molecule has 160 valence electrons. The minimum Gasteiger partial charge on any atom is -0.496 e. The van der Waals surface area contributed by atoms with Crippen LogP contribution in [0.5, 0.6) is 5.75 Å². The quantitative estimate of drug-likeness (QED) is 0.607. The summed E-state index contributed by atoms with van der Waals surface area (Å²) in [4.78, 5) is 6.94. The van der Waals surface area contributed by atoms with Crippen LogP contribution < -0.4 is 10.1 Å². The molecule has 0 radical (unpaired) electrons. The first-order chi connectivity index (χ1) is 14.3. The minimum absolute atomic E-state index is 0.1000. The Kier molecular flexibility index (Phi) is 6.60. The number of ether oxygens (including phenoxy) is 3. The van der Waals surface area contributed by atoms with E-state index >= 15 is 0 Å². The van der Waals surface area contributed by atoms with Gasteiger partial charge in [0.2, 0.25) is 0 Å². The van der Waals surface area contributed by atoms with Gasteiger partial charge in [0.15, 0.2) is 5.96 Å². The van der Waals surface area contributed by atoms with Gasteiger partial charge in [-0.3, -0.25) is 4.99 Å². The molecule has 0 amide bonds. The van der Waals surface area contributed by atoms with Crippen LogP contribution in [0.1, 0.15) is 44.1 Å². The van der Waals surface area contributed by atoms with Crippen molar-refractivity contribution in [1.29, 1.82) is 0 Å². The molecule has 0 bridgehead atoms. The summed E-state index contributed by atoms with van der Waals surface area (Å²) in [5, 5.41) is 3.71. The average molecular weight is 402 g/mol. The summed E-state index contributed by atoms with van der Waals surface area (Å²) in [6, 6.07) is 8.49. The number of guanidine groups is 1. The van der Waals surface area contributed by atoms with E-state index < -0.39 is 0 Å². The molecule has 3 aliphatic rings. The molecule has 1 aromatic carbocycles. The van der Waals surface area contributed by atoms with Gasteiger partial charge in [-0.1, -0.05) is 31.0 Å². The van der Waals surface area contributed by atoms with Crippen LogP contribution in [0.4, 0.5) is 0 Å². The lowest BCUT2D eigenvalue weighted by atomic mass is 9.78. The summed E-state index contributed by atoms with van der Waals surface area (Å²) < 4.78 is 17.6. The van der Waals surface area contributed by atoms with Crippen LogP contribution in [0, 0.1) is 0 Å². The van der Waals surface area contributed by atoms with Crippen LogP contribution in [-0.2, 0) is 14.9 Å². The summed E-state index contributed by atoms with van der Waals surface area (Å²) in [5.74, 6) is 1.97. The summed E-state index contributed by atoms with van der Waals surface area (Å²) in [7, 11) is 3.65. The van der Waals surface area contributed by atoms with Crippen molar-refractivity contribution in [2.24, 2.45) is 4.99 Å². The standard InChI is InChI=1S/C23H35N3O3/c1-24-22(26-13-15-29-21(16-26)20-10-7-14-28-20)25-17-23(11-5-6-12-23)18-8-3-4-9-19(18)27-2/h3-4,8-9,20-21H,5-7,10-17H2,1-2H3,(H,24,25). The smallest absolute Gasteiger partial charge is 0.193 e. The van der Waals surface area contributed by atoms with Crippen molar-refractivity contribution in [2.75, 3.05) is 47.0 Å². The highest BCUT2D eigenvalue weighted by atomic mass is 16.5. The number of hydrogen-bond acceptors (Lipinski definition) is 4. The molecule has 6 nitrogen and oxygen atoms in total. The van der Waals surface area contributed by atoms with Crippen molar-refractivity contribution in [3.8, 4) is 5.75 Å². The molecule has 4 rings (SSSR count). The SMILES string of the molecule is CN=C(NCC1(c2ccccc2OC)CCCC1)N1CCOC(C2CCCO2)C1. The van der Waals surface area contributed by atoms with E-state index in [1.54, 1.807) is 7.11 Å². The Balaban J connectivity index is 1.45. The number of methoxy groups -OCH3 is 1. The fourth-order valence-corrected chi connectivity index (χ4v) is 5.24. The van der Waals surface area contributed by atoms with E-state index in [1.807, 2.05) is 7.05 Å². The number of nitrogens with zero attached hydrogens (tertiary/aromatic N) is 2. The first-order valence-electron chi connectivity index (χ1n) is 11.1. The third-order valence-corrected chi connectivity index (χ3v) is 6.81. The molecule has 1 N–H and O–H groups in total. The maximum absolute atomic E-state index is 6.02. The first-order valence-corrected chi connectivity index (χ1v) is 11.1. The number of morpholine rings is 1. The van der Waals surface area contributed by atoms with Crippen molar-refractivity contribution in [3.05, 3.63) is 29.8 Å². The zero-order valence-electron chi connectivity index (χ0n) is 17.9. The molecular weight excluding hydrogens is 366 g/mol. The largest absolute Gasteiger partial charge is 0.496 e. The van der Waals surface area contributed by atoms with Crippen LogP contribution in [0.3, 0.4) is 0 Å². The lowest BCUT2D eigenvalue weighted by Gasteiger charge is -2.38. The van der Waals surface area contributed by atoms with Gasteiger partial charge in [-0.15, -0.1) is 0 Å². The second-order valence-electron chi connectivity index (χ2n) is 8.50.